The van der Waals surface area contributed by atoms with Gasteiger partial charge in [0.2, 0.25) is 5.91 Å². The zero-order chi connectivity index (χ0) is 12.7. The Morgan fingerprint density at radius 1 is 1.44 bits per heavy atom. The van der Waals surface area contributed by atoms with Crippen LogP contribution in [-0.4, -0.2) is 50.1 Å². The minimum atomic E-state index is -0.431. The van der Waals surface area contributed by atoms with Crippen molar-refractivity contribution in [3.8, 4) is 0 Å². The first-order valence-corrected chi connectivity index (χ1v) is 5.19. The summed E-state index contributed by atoms with van der Waals surface area (Å²) < 4.78 is 4.77. The van der Waals surface area contributed by atoms with Gasteiger partial charge in [-0.05, 0) is 13.8 Å². The molecule has 0 rings (SSSR count). The summed E-state index contributed by atoms with van der Waals surface area (Å²) in [6, 6.07) is -0.346. The van der Waals surface area contributed by atoms with Gasteiger partial charge in [-0.15, -0.1) is 0 Å². The number of hydrogen-bond acceptors (Lipinski definition) is 4. The second kappa shape index (κ2) is 7.00. The molecule has 0 saturated heterocycles. The Kier molecular flexibility index (Phi) is 6.41. The van der Waals surface area contributed by atoms with E-state index in [0.717, 1.165) is 0 Å². The van der Waals surface area contributed by atoms with Crippen LogP contribution in [0.4, 0.5) is 0 Å². The predicted octanol–water partition coefficient (Wildman–Crippen LogP) is 0.172. The van der Waals surface area contributed by atoms with E-state index in [4.69, 9.17) is 4.74 Å². The number of rotatable bonds is 6. The molecule has 1 N–H and O–H groups in total. The Bertz CT molecular complexity index is 274. The zero-order valence-corrected chi connectivity index (χ0v) is 10.4. The summed E-state index contributed by atoms with van der Waals surface area (Å²) in [7, 11) is 3.36. The summed E-state index contributed by atoms with van der Waals surface area (Å²) in [6.07, 6.45) is 0. The lowest BCUT2D eigenvalue weighted by atomic mass is 10.2. The fourth-order valence-corrected chi connectivity index (χ4v) is 1.06. The van der Waals surface area contributed by atoms with Crippen molar-refractivity contribution in [2.75, 3.05) is 27.2 Å². The van der Waals surface area contributed by atoms with Gasteiger partial charge in [0.1, 0.15) is 0 Å². The zero-order valence-electron chi connectivity index (χ0n) is 10.4. The molecule has 0 radical (unpaired) electrons. The van der Waals surface area contributed by atoms with E-state index in [1.807, 2.05) is 0 Å². The topological polar surface area (TPSA) is 58.6 Å². The average molecular weight is 228 g/mol. The van der Waals surface area contributed by atoms with Gasteiger partial charge in [-0.25, -0.2) is 4.79 Å². The van der Waals surface area contributed by atoms with E-state index < -0.39 is 5.97 Å². The summed E-state index contributed by atoms with van der Waals surface area (Å²) in [5.41, 5.74) is 0.320. The van der Waals surface area contributed by atoms with E-state index in [1.165, 1.54) is 4.90 Å². The second-order valence-corrected chi connectivity index (χ2v) is 3.66. The van der Waals surface area contributed by atoms with E-state index >= 15 is 0 Å². The molecule has 0 saturated carbocycles. The normalized spacial score (nSPS) is 11.8. The number of esters is 1. The number of nitrogens with zero attached hydrogens (tertiary/aromatic N) is 1. The molecule has 0 aliphatic heterocycles. The molecule has 5 nitrogen and oxygen atoms in total. The molecule has 16 heavy (non-hydrogen) atoms. The lowest BCUT2D eigenvalue weighted by molar-refractivity contribution is -0.138. The number of amides is 1. The maximum absolute atomic E-state index is 11.5. The highest BCUT2D eigenvalue weighted by Gasteiger charge is 2.15. The van der Waals surface area contributed by atoms with Gasteiger partial charge in [0.25, 0.3) is 0 Å². The fraction of sp³-hybridized carbons (Fsp3) is 0.636. The predicted molar refractivity (Wildman–Crippen MR) is 61.9 cm³/mol. The first-order chi connectivity index (χ1) is 7.40. The summed E-state index contributed by atoms with van der Waals surface area (Å²) in [4.78, 5) is 24.2. The molecule has 1 amide bonds. The van der Waals surface area contributed by atoms with Gasteiger partial charge < -0.3 is 15.0 Å². The average Bonchev–Trinajstić information content (AvgIpc) is 2.24. The Balaban J connectivity index is 4.01. The Labute approximate surface area is 96.4 Å². The minimum Gasteiger partial charge on any atom is -0.463 e. The van der Waals surface area contributed by atoms with E-state index in [-0.39, 0.29) is 18.5 Å². The highest BCUT2D eigenvalue weighted by Crippen LogP contribution is 1.95. The van der Waals surface area contributed by atoms with Crippen molar-refractivity contribution in [2.45, 2.75) is 19.9 Å². The number of hydrogen-bond donors (Lipinski definition) is 1. The van der Waals surface area contributed by atoms with Crippen molar-refractivity contribution in [1.82, 2.24) is 10.2 Å². The molecule has 0 spiro atoms. The number of likely N-dealkylation sites (N-methyl/N-ethyl adjacent to an activating group) is 1. The molecule has 0 heterocycles. The van der Waals surface area contributed by atoms with Crippen LogP contribution in [0.25, 0.3) is 0 Å². The largest absolute Gasteiger partial charge is 0.463 e. The van der Waals surface area contributed by atoms with Crippen molar-refractivity contribution in [1.29, 1.82) is 0 Å². The third-order valence-electron chi connectivity index (χ3n) is 2.00. The number of carbonyl (C=O) groups is 2. The monoisotopic (exact) mass is 228 g/mol. The van der Waals surface area contributed by atoms with Gasteiger partial charge in [-0.3, -0.25) is 4.79 Å². The SMILES string of the molecule is C=C(CNC(C)C(=O)N(C)C)C(=O)OCC. The van der Waals surface area contributed by atoms with Crippen molar-refractivity contribution >= 4 is 11.9 Å². The van der Waals surface area contributed by atoms with Crippen molar-refractivity contribution < 1.29 is 14.3 Å². The summed E-state index contributed by atoms with van der Waals surface area (Å²) in [5, 5.41) is 2.91. The maximum Gasteiger partial charge on any atom is 0.334 e. The fourth-order valence-electron chi connectivity index (χ4n) is 1.06. The Morgan fingerprint density at radius 2 is 2.00 bits per heavy atom. The molecule has 0 aromatic carbocycles. The van der Waals surface area contributed by atoms with Crippen molar-refractivity contribution in [2.24, 2.45) is 0 Å². The molecular weight excluding hydrogens is 208 g/mol. The van der Waals surface area contributed by atoms with Crippen LogP contribution >= 0.6 is 0 Å². The molecule has 0 aliphatic rings. The lowest BCUT2D eigenvalue weighted by Gasteiger charge is -2.18. The van der Waals surface area contributed by atoms with Crippen LogP contribution in [0.1, 0.15) is 13.8 Å². The van der Waals surface area contributed by atoms with Gasteiger partial charge >= 0.3 is 5.97 Å². The van der Waals surface area contributed by atoms with Gasteiger partial charge in [0.15, 0.2) is 0 Å². The van der Waals surface area contributed by atoms with Crippen LogP contribution in [0.2, 0.25) is 0 Å². The molecular formula is C11H20N2O3. The van der Waals surface area contributed by atoms with Crippen LogP contribution in [0.15, 0.2) is 12.2 Å². The van der Waals surface area contributed by atoms with Crippen LogP contribution in [-0.2, 0) is 14.3 Å². The molecule has 1 unspecified atom stereocenters. The number of carbonyl (C=O) groups excluding carboxylic acids is 2. The van der Waals surface area contributed by atoms with Crippen molar-refractivity contribution in [3.05, 3.63) is 12.2 Å². The highest BCUT2D eigenvalue weighted by molar-refractivity contribution is 5.88. The van der Waals surface area contributed by atoms with Gasteiger partial charge in [0.05, 0.1) is 12.6 Å². The summed E-state index contributed by atoms with van der Waals surface area (Å²) >= 11 is 0. The highest BCUT2D eigenvalue weighted by atomic mass is 16.5. The third kappa shape index (κ3) is 4.93. The third-order valence-corrected chi connectivity index (χ3v) is 2.00. The maximum atomic E-state index is 11.5. The van der Waals surface area contributed by atoms with E-state index in [9.17, 15) is 9.59 Å². The van der Waals surface area contributed by atoms with Gasteiger partial charge in [-0.2, -0.15) is 0 Å². The van der Waals surface area contributed by atoms with Crippen LogP contribution < -0.4 is 5.32 Å². The smallest absolute Gasteiger partial charge is 0.334 e. The minimum absolute atomic E-state index is 0.0448. The molecule has 0 bridgehead atoms. The molecule has 0 aromatic heterocycles. The van der Waals surface area contributed by atoms with E-state index in [2.05, 4.69) is 11.9 Å². The molecule has 92 valence electrons. The first kappa shape index (κ1) is 14.6. The summed E-state index contributed by atoms with van der Waals surface area (Å²) in [6.45, 7) is 7.63. The quantitative estimate of drug-likeness (QED) is 0.520. The second-order valence-electron chi connectivity index (χ2n) is 3.66. The molecule has 1 atom stereocenters. The van der Waals surface area contributed by atoms with Crippen LogP contribution in [0, 0.1) is 0 Å². The summed E-state index contributed by atoms with van der Waals surface area (Å²) in [5.74, 6) is -0.476. The standard InChI is InChI=1S/C11H20N2O3/c1-6-16-11(15)8(2)7-12-9(3)10(14)13(4)5/h9,12H,2,6-7H2,1,3-5H3. The Morgan fingerprint density at radius 3 is 2.44 bits per heavy atom. The molecule has 5 heteroatoms. The number of nitrogens with one attached hydrogen (secondary N) is 1. The molecule has 0 fully saturated rings. The van der Waals surface area contributed by atoms with E-state index in [1.54, 1.807) is 27.9 Å². The van der Waals surface area contributed by atoms with Gasteiger partial charge in [-0.1, -0.05) is 6.58 Å². The molecule has 0 aromatic rings. The molecule has 0 aliphatic carbocycles. The van der Waals surface area contributed by atoms with Crippen LogP contribution in [0.3, 0.4) is 0 Å². The van der Waals surface area contributed by atoms with E-state index in [0.29, 0.717) is 12.2 Å². The van der Waals surface area contributed by atoms with Crippen LogP contribution in [0.5, 0.6) is 0 Å². The lowest BCUT2D eigenvalue weighted by Crippen LogP contribution is -2.42. The van der Waals surface area contributed by atoms with Gasteiger partial charge in [0, 0.05) is 26.2 Å². The Hall–Kier alpha value is -1.36. The number of ether oxygens (including phenoxy) is 1. The van der Waals surface area contributed by atoms with Crippen molar-refractivity contribution in [3.63, 3.8) is 0 Å². The first-order valence-electron chi connectivity index (χ1n) is 5.19.